The molecule has 0 radical (unpaired) electrons. The maximum atomic E-state index is 13.1. The zero-order valence-electron chi connectivity index (χ0n) is 18.2. The van der Waals surface area contributed by atoms with Crippen molar-refractivity contribution >= 4 is 11.8 Å². The fourth-order valence-corrected chi connectivity index (χ4v) is 3.85. The van der Waals surface area contributed by atoms with Crippen molar-refractivity contribution < 1.29 is 29.3 Å². The summed E-state index contributed by atoms with van der Waals surface area (Å²) in [5.41, 5.74) is 2.28. The smallest absolute Gasteiger partial charge is 0.303 e. The van der Waals surface area contributed by atoms with Crippen molar-refractivity contribution in [1.82, 2.24) is 0 Å². The van der Waals surface area contributed by atoms with Gasteiger partial charge in [-0.25, -0.2) is 0 Å². The minimum Gasteiger partial charge on any atom is -0.507 e. The molecule has 0 saturated heterocycles. The van der Waals surface area contributed by atoms with Crippen molar-refractivity contribution in [3.05, 3.63) is 28.3 Å². The number of hydrogen-bond acceptors (Lipinski definition) is 5. The minimum absolute atomic E-state index is 0.106. The first kappa shape index (κ1) is 22.8. The summed E-state index contributed by atoms with van der Waals surface area (Å²) in [5, 5.41) is 20.5. The number of methoxy groups -OCH3 is 1. The van der Waals surface area contributed by atoms with Crippen molar-refractivity contribution in [3.8, 4) is 17.2 Å². The van der Waals surface area contributed by atoms with Gasteiger partial charge < -0.3 is 19.7 Å². The Balaban J connectivity index is 2.87. The van der Waals surface area contributed by atoms with Crippen LogP contribution in [-0.2, 0) is 11.2 Å². The number of rotatable bonds is 8. The molecule has 3 unspecified atom stereocenters. The standard InChI is InChI=1S/C23H32O6/c1-7-8-15(11-17(24)25)18-22(28-6)16(10-9-12(2)3)21(27)19-20(26)13(4)14(5)29-23(18)19/h9,13-15,27H,7-8,10-11H2,1-6H3,(H,24,25). The van der Waals surface area contributed by atoms with Crippen LogP contribution in [0.3, 0.4) is 0 Å². The molecule has 0 spiro atoms. The Morgan fingerprint density at radius 2 is 1.97 bits per heavy atom. The molecule has 2 N–H and O–H groups in total. The van der Waals surface area contributed by atoms with Crippen LogP contribution in [0.2, 0.25) is 0 Å². The van der Waals surface area contributed by atoms with Crippen LogP contribution in [0, 0.1) is 5.92 Å². The Labute approximate surface area is 172 Å². The number of aromatic hydroxyl groups is 1. The summed E-state index contributed by atoms with van der Waals surface area (Å²) in [6, 6.07) is 0. The van der Waals surface area contributed by atoms with Crippen molar-refractivity contribution in [1.29, 1.82) is 0 Å². The van der Waals surface area contributed by atoms with Crippen molar-refractivity contribution in [2.24, 2.45) is 5.92 Å². The molecule has 0 amide bonds. The second-order valence-electron chi connectivity index (χ2n) is 8.02. The molecule has 0 aliphatic carbocycles. The molecular formula is C23H32O6. The van der Waals surface area contributed by atoms with Crippen LogP contribution < -0.4 is 9.47 Å². The average Bonchev–Trinajstić information content (AvgIpc) is 2.63. The summed E-state index contributed by atoms with van der Waals surface area (Å²) in [5.74, 6) is -1.36. The molecule has 0 fully saturated rings. The van der Waals surface area contributed by atoms with Crippen LogP contribution in [0.15, 0.2) is 11.6 Å². The minimum atomic E-state index is -0.929. The largest absolute Gasteiger partial charge is 0.507 e. The summed E-state index contributed by atoms with van der Waals surface area (Å²) in [6.07, 6.45) is 3.20. The highest BCUT2D eigenvalue weighted by molar-refractivity contribution is 6.05. The number of carbonyl (C=O) groups excluding carboxylic acids is 1. The predicted octanol–water partition coefficient (Wildman–Crippen LogP) is 4.87. The van der Waals surface area contributed by atoms with Crippen molar-refractivity contribution in [3.63, 3.8) is 0 Å². The molecule has 0 aromatic heterocycles. The van der Waals surface area contributed by atoms with Crippen LogP contribution >= 0.6 is 0 Å². The molecular weight excluding hydrogens is 372 g/mol. The SMILES string of the molecule is CCCC(CC(=O)O)c1c(OC)c(CC=C(C)C)c(O)c2c1OC(C)C(C)C2=O. The van der Waals surface area contributed by atoms with Gasteiger partial charge in [0.1, 0.15) is 28.9 Å². The van der Waals surface area contributed by atoms with E-state index in [1.54, 1.807) is 6.92 Å². The number of carboxylic acids is 1. The van der Waals surface area contributed by atoms with Gasteiger partial charge in [-0.15, -0.1) is 0 Å². The molecule has 2 rings (SSSR count). The summed E-state index contributed by atoms with van der Waals surface area (Å²) in [4.78, 5) is 24.6. The van der Waals surface area contributed by atoms with Crippen LogP contribution in [0.25, 0.3) is 0 Å². The number of fused-ring (bicyclic) bond motifs is 1. The van der Waals surface area contributed by atoms with Gasteiger partial charge in [0.2, 0.25) is 0 Å². The van der Waals surface area contributed by atoms with Gasteiger partial charge in [-0.05, 0) is 33.6 Å². The highest BCUT2D eigenvalue weighted by atomic mass is 16.5. The highest BCUT2D eigenvalue weighted by Gasteiger charge is 2.40. The van der Waals surface area contributed by atoms with E-state index in [0.29, 0.717) is 29.7 Å². The molecule has 1 aromatic rings. The van der Waals surface area contributed by atoms with Gasteiger partial charge in [-0.2, -0.15) is 0 Å². The lowest BCUT2D eigenvalue weighted by Gasteiger charge is -2.33. The number of carbonyl (C=O) groups is 2. The van der Waals surface area contributed by atoms with Crippen LogP contribution in [0.1, 0.15) is 81.3 Å². The predicted molar refractivity (Wildman–Crippen MR) is 111 cm³/mol. The molecule has 1 aliphatic rings. The highest BCUT2D eigenvalue weighted by Crippen LogP contribution is 2.51. The molecule has 1 heterocycles. The Morgan fingerprint density at radius 1 is 1.31 bits per heavy atom. The number of phenolic OH excluding ortho intramolecular Hbond substituents is 1. The molecule has 3 atom stereocenters. The number of Topliss-reactive ketones (excluding diaryl/α,β-unsaturated/α-hetero) is 1. The first-order valence-corrected chi connectivity index (χ1v) is 10.2. The number of phenols is 1. The van der Waals surface area contributed by atoms with E-state index >= 15 is 0 Å². The third kappa shape index (κ3) is 4.57. The zero-order chi connectivity index (χ0) is 21.9. The maximum Gasteiger partial charge on any atom is 0.303 e. The van der Waals surface area contributed by atoms with Gasteiger partial charge in [0.05, 0.1) is 19.4 Å². The lowest BCUT2D eigenvalue weighted by Crippen LogP contribution is -2.35. The van der Waals surface area contributed by atoms with E-state index in [9.17, 15) is 19.8 Å². The number of benzene rings is 1. The Morgan fingerprint density at radius 3 is 2.48 bits per heavy atom. The average molecular weight is 405 g/mol. The first-order valence-electron chi connectivity index (χ1n) is 10.2. The van der Waals surface area contributed by atoms with E-state index in [1.807, 2.05) is 33.8 Å². The maximum absolute atomic E-state index is 13.1. The second kappa shape index (κ2) is 9.33. The van der Waals surface area contributed by atoms with E-state index in [0.717, 1.165) is 12.0 Å². The van der Waals surface area contributed by atoms with E-state index in [1.165, 1.54) is 7.11 Å². The number of allylic oxidation sites excluding steroid dienone is 2. The third-order valence-electron chi connectivity index (χ3n) is 5.57. The van der Waals surface area contributed by atoms with Crippen molar-refractivity contribution in [2.75, 3.05) is 7.11 Å². The zero-order valence-corrected chi connectivity index (χ0v) is 18.2. The van der Waals surface area contributed by atoms with Gasteiger partial charge in [0, 0.05) is 17.0 Å². The number of aliphatic carboxylic acids is 1. The fourth-order valence-electron chi connectivity index (χ4n) is 3.85. The Hall–Kier alpha value is -2.50. The van der Waals surface area contributed by atoms with Gasteiger partial charge in [0.25, 0.3) is 0 Å². The van der Waals surface area contributed by atoms with Crippen LogP contribution in [0.4, 0.5) is 0 Å². The van der Waals surface area contributed by atoms with E-state index in [-0.39, 0.29) is 41.3 Å². The van der Waals surface area contributed by atoms with Crippen molar-refractivity contribution in [2.45, 2.75) is 72.3 Å². The fraction of sp³-hybridized carbons (Fsp3) is 0.565. The molecule has 29 heavy (non-hydrogen) atoms. The first-order chi connectivity index (χ1) is 13.6. The van der Waals surface area contributed by atoms with Crippen LogP contribution in [0.5, 0.6) is 17.2 Å². The molecule has 1 aromatic carbocycles. The van der Waals surface area contributed by atoms with E-state index in [2.05, 4.69) is 0 Å². The summed E-state index contributed by atoms with van der Waals surface area (Å²) in [7, 11) is 1.50. The lowest BCUT2D eigenvalue weighted by molar-refractivity contribution is -0.137. The van der Waals surface area contributed by atoms with E-state index in [4.69, 9.17) is 9.47 Å². The normalized spacial score (nSPS) is 19.2. The van der Waals surface area contributed by atoms with Gasteiger partial charge >= 0.3 is 5.97 Å². The number of ether oxygens (including phenoxy) is 2. The van der Waals surface area contributed by atoms with Gasteiger partial charge in [0.15, 0.2) is 5.78 Å². The molecule has 160 valence electrons. The quantitative estimate of drug-likeness (QED) is 0.601. The third-order valence-corrected chi connectivity index (χ3v) is 5.57. The Kier molecular flexibility index (Phi) is 7.33. The Bertz CT molecular complexity index is 819. The molecule has 1 aliphatic heterocycles. The molecule has 6 heteroatoms. The van der Waals surface area contributed by atoms with Crippen LogP contribution in [-0.4, -0.2) is 35.2 Å². The molecule has 6 nitrogen and oxygen atoms in total. The monoisotopic (exact) mass is 404 g/mol. The summed E-state index contributed by atoms with van der Waals surface area (Å²) < 4.78 is 11.8. The summed E-state index contributed by atoms with van der Waals surface area (Å²) >= 11 is 0. The molecule has 0 bridgehead atoms. The lowest BCUT2D eigenvalue weighted by atomic mass is 9.81. The molecule has 0 saturated carbocycles. The second-order valence-corrected chi connectivity index (χ2v) is 8.02. The number of carboxylic acid groups (broad SMARTS) is 1. The van der Waals surface area contributed by atoms with Gasteiger partial charge in [-0.1, -0.05) is 31.9 Å². The number of ketones is 1. The topological polar surface area (TPSA) is 93.1 Å². The van der Waals surface area contributed by atoms with Gasteiger partial charge in [-0.3, -0.25) is 9.59 Å². The number of hydrogen-bond donors (Lipinski definition) is 2. The summed E-state index contributed by atoms with van der Waals surface area (Å²) in [6.45, 7) is 9.46. The van der Waals surface area contributed by atoms with E-state index < -0.39 is 11.9 Å².